The molecule has 0 aliphatic rings. The minimum Gasteiger partial charge on any atom is -0.446 e. The largest absolute Gasteiger partial charge is 0.446 e. The minimum absolute atomic E-state index is 0.226. The third-order valence-electron chi connectivity index (χ3n) is 1.93. The zero-order chi connectivity index (χ0) is 12.2. The van der Waals surface area contributed by atoms with Gasteiger partial charge in [-0.3, -0.25) is 9.59 Å². The summed E-state index contributed by atoms with van der Waals surface area (Å²) in [4.78, 5) is 33.7. The molecule has 0 rings (SSSR count). The van der Waals surface area contributed by atoms with Crippen LogP contribution in [0.4, 0.5) is 0 Å². The average Bonchev–Trinajstić information content (AvgIpc) is 2.14. The van der Waals surface area contributed by atoms with Crippen LogP contribution < -0.4 is 5.73 Å². The molecule has 2 N–H and O–H groups in total. The molecule has 0 saturated heterocycles. The second-order valence-corrected chi connectivity index (χ2v) is 4.05. The first kappa shape index (κ1) is 13.8. The Morgan fingerprint density at radius 3 is 2.07 bits per heavy atom. The Kier molecular flexibility index (Phi) is 4.61. The quantitative estimate of drug-likeness (QED) is 0.517. The van der Waals surface area contributed by atoms with Crippen molar-refractivity contribution >= 4 is 17.5 Å². The van der Waals surface area contributed by atoms with E-state index in [1.165, 1.54) is 13.8 Å². The van der Waals surface area contributed by atoms with Crippen LogP contribution in [0.2, 0.25) is 0 Å². The third kappa shape index (κ3) is 3.79. The fourth-order valence-electron chi connectivity index (χ4n) is 0.820. The number of hydrogen-bond acceptors (Lipinski definition) is 5. The molecule has 0 bridgehead atoms. The molecular formula is C10H17NO4. The van der Waals surface area contributed by atoms with Crippen LogP contribution in [0.25, 0.3) is 0 Å². The van der Waals surface area contributed by atoms with Crippen LogP contribution in [0, 0.1) is 5.92 Å². The summed E-state index contributed by atoms with van der Waals surface area (Å²) in [6.45, 7) is 5.76. The van der Waals surface area contributed by atoms with Crippen LogP contribution in [0.1, 0.15) is 27.7 Å². The lowest BCUT2D eigenvalue weighted by Gasteiger charge is -2.22. The van der Waals surface area contributed by atoms with Gasteiger partial charge >= 0.3 is 5.97 Å². The third-order valence-corrected chi connectivity index (χ3v) is 1.93. The Bertz CT molecular complexity index is 281. The maximum Gasteiger partial charge on any atom is 0.375 e. The zero-order valence-corrected chi connectivity index (χ0v) is 9.49. The molecule has 0 fully saturated rings. The SMILES string of the molecule is CC(C)C(=O)C(=O)OC(C)(C)C(=O)CN. The summed E-state index contributed by atoms with van der Waals surface area (Å²) in [5, 5.41) is 0. The van der Waals surface area contributed by atoms with Gasteiger partial charge < -0.3 is 10.5 Å². The van der Waals surface area contributed by atoms with Crippen molar-refractivity contribution < 1.29 is 19.1 Å². The highest BCUT2D eigenvalue weighted by Gasteiger charge is 2.33. The summed E-state index contributed by atoms with van der Waals surface area (Å²) >= 11 is 0. The molecule has 86 valence electrons. The molecule has 0 aliphatic heterocycles. The van der Waals surface area contributed by atoms with Gasteiger partial charge in [-0.2, -0.15) is 0 Å². The summed E-state index contributed by atoms with van der Waals surface area (Å²) in [6, 6.07) is 0. The second-order valence-electron chi connectivity index (χ2n) is 4.05. The predicted octanol–water partition coefficient (Wildman–Crippen LogP) is 0.0611. The zero-order valence-electron chi connectivity index (χ0n) is 9.49. The van der Waals surface area contributed by atoms with Crippen LogP contribution in [0.15, 0.2) is 0 Å². The standard InChI is InChI=1S/C10H17NO4/c1-6(2)8(13)9(14)15-10(3,4)7(12)5-11/h6H,5,11H2,1-4H3. The van der Waals surface area contributed by atoms with Gasteiger partial charge in [0.25, 0.3) is 0 Å². The first-order valence-electron chi connectivity index (χ1n) is 4.73. The summed E-state index contributed by atoms with van der Waals surface area (Å²) in [5.74, 6) is -2.50. The molecule has 0 radical (unpaired) electrons. The smallest absolute Gasteiger partial charge is 0.375 e. The molecule has 0 spiro atoms. The monoisotopic (exact) mass is 215 g/mol. The molecule has 0 aliphatic carbocycles. The number of carbonyl (C=O) groups is 3. The maximum absolute atomic E-state index is 11.3. The van der Waals surface area contributed by atoms with Crippen LogP contribution in [0.5, 0.6) is 0 Å². The number of nitrogens with two attached hydrogens (primary N) is 1. The first-order valence-corrected chi connectivity index (χ1v) is 4.73. The lowest BCUT2D eigenvalue weighted by atomic mass is 10.0. The summed E-state index contributed by atoms with van der Waals surface area (Å²) in [7, 11) is 0. The highest BCUT2D eigenvalue weighted by atomic mass is 16.6. The van der Waals surface area contributed by atoms with E-state index >= 15 is 0 Å². The van der Waals surface area contributed by atoms with Crippen LogP contribution >= 0.6 is 0 Å². The fourth-order valence-corrected chi connectivity index (χ4v) is 0.820. The topological polar surface area (TPSA) is 86.5 Å². The lowest BCUT2D eigenvalue weighted by molar-refractivity contribution is -0.168. The normalized spacial score (nSPS) is 11.3. The molecule has 5 nitrogen and oxygen atoms in total. The number of rotatable bonds is 5. The molecule has 15 heavy (non-hydrogen) atoms. The van der Waals surface area contributed by atoms with E-state index in [0.29, 0.717) is 0 Å². The summed E-state index contributed by atoms with van der Waals surface area (Å²) in [6.07, 6.45) is 0. The van der Waals surface area contributed by atoms with Gasteiger partial charge in [0.2, 0.25) is 5.78 Å². The first-order chi connectivity index (χ1) is 6.72. The van der Waals surface area contributed by atoms with Crippen molar-refractivity contribution in [2.45, 2.75) is 33.3 Å². The van der Waals surface area contributed by atoms with Crippen molar-refractivity contribution in [3.63, 3.8) is 0 Å². The van der Waals surface area contributed by atoms with Crippen molar-refractivity contribution in [1.29, 1.82) is 0 Å². The van der Waals surface area contributed by atoms with E-state index in [1.807, 2.05) is 0 Å². The van der Waals surface area contributed by atoms with E-state index in [9.17, 15) is 14.4 Å². The van der Waals surface area contributed by atoms with Gasteiger partial charge in [0.15, 0.2) is 11.4 Å². The molecule has 0 aromatic carbocycles. The average molecular weight is 215 g/mol. The Labute approximate surface area is 89.0 Å². The Morgan fingerprint density at radius 2 is 1.73 bits per heavy atom. The lowest BCUT2D eigenvalue weighted by Crippen LogP contribution is -2.43. The van der Waals surface area contributed by atoms with Crippen molar-refractivity contribution in [3.8, 4) is 0 Å². The Morgan fingerprint density at radius 1 is 1.27 bits per heavy atom. The number of Topliss-reactive ketones (excluding diaryl/α,β-unsaturated/α-hetero) is 2. The second kappa shape index (κ2) is 5.02. The van der Waals surface area contributed by atoms with Gasteiger partial charge in [0.05, 0.1) is 6.54 Å². The Balaban J connectivity index is 4.54. The van der Waals surface area contributed by atoms with Crippen LogP contribution in [0.3, 0.4) is 0 Å². The van der Waals surface area contributed by atoms with Crippen molar-refractivity contribution in [2.75, 3.05) is 6.54 Å². The highest BCUT2D eigenvalue weighted by molar-refractivity contribution is 6.34. The van der Waals surface area contributed by atoms with Crippen LogP contribution in [-0.2, 0) is 19.1 Å². The molecule has 0 saturated carbocycles. The van der Waals surface area contributed by atoms with Gasteiger partial charge in [-0.05, 0) is 13.8 Å². The Hall–Kier alpha value is -1.23. The van der Waals surface area contributed by atoms with E-state index in [1.54, 1.807) is 13.8 Å². The molecule has 5 heteroatoms. The van der Waals surface area contributed by atoms with E-state index in [2.05, 4.69) is 0 Å². The van der Waals surface area contributed by atoms with Gasteiger partial charge in [0.1, 0.15) is 0 Å². The number of carbonyl (C=O) groups excluding carboxylic acids is 3. The number of ether oxygens (including phenoxy) is 1. The predicted molar refractivity (Wildman–Crippen MR) is 54.1 cm³/mol. The van der Waals surface area contributed by atoms with Crippen LogP contribution in [-0.4, -0.2) is 29.7 Å². The van der Waals surface area contributed by atoms with Crippen molar-refractivity contribution in [3.05, 3.63) is 0 Å². The molecule has 0 heterocycles. The summed E-state index contributed by atoms with van der Waals surface area (Å²) in [5.41, 5.74) is 3.81. The van der Waals surface area contributed by atoms with E-state index in [4.69, 9.17) is 10.5 Å². The number of esters is 1. The van der Waals surface area contributed by atoms with Gasteiger partial charge in [0, 0.05) is 5.92 Å². The molecule has 0 atom stereocenters. The van der Waals surface area contributed by atoms with Crippen molar-refractivity contribution in [1.82, 2.24) is 0 Å². The van der Waals surface area contributed by atoms with E-state index in [0.717, 1.165) is 0 Å². The highest BCUT2D eigenvalue weighted by Crippen LogP contribution is 2.12. The van der Waals surface area contributed by atoms with E-state index in [-0.39, 0.29) is 6.54 Å². The molecule has 0 amide bonds. The van der Waals surface area contributed by atoms with Gasteiger partial charge in [-0.1, -0.05) is 13.8 Å². The molecule has 0 unspecified atom stereocenters. The van der Waals surface area contributed by atoms with Gasteiger partial charge in [-0.15, -0.1) is 0 Å². The summed E-state index contributed by atoms with van der Waals surface area (Å²) < 4.78 is 4.80. The van der Waals surface area contributed by atoms with Crippen molar-refractivity contribution in [2.24, 2.45) is 11.7 Å². The maximum atomic E-state index is 11.3. The van der Waals surface area contributed by atoms with E-state index < -0.39 is 29.1 Å². The molecular weight excluding hydrogens is 198 g/mol. The minimum atomic E-state index is -1.34. The molecule has 0 aromatic heterocycles. The fraction of sp³-hybridized carbons (Fsp3) is 0.700. The number of hydrogen-bond donors (Lipinski definition) is 1. The number of ketones is 2. The molecule has 0 aromatic rings. The van der Waals surface area contributed by atoms with Gasteiger partial charge in [-0.25, -0.2) is 4.79 Å².